The van der Waals surface area contributed by atoms with Crippen molar-refractivity contribution in [1.82, 2.24) is 14.0 Å². The summed E-state index contributed by atoms with van der Waals surface area (Å²) < 4.78 is 42.6. The number of likely N-dealkylation sites (N-methyl/N-ethyl adjacent to an activating group) is 1. The lowest BCUT2D eigenvalue weighted by atomic mass is 10.0. The standard InChI is InChI=1S/C28H31F3N4/c1-3-33(4-2)19-20-35-26-8-6-5-7-25(26)34(27(35)32)18-17-21-9-11-22(12-10-21)23-13-15-24(16-14-23)28(29,30)31/h5-16,32H,3-4,17-20H2,1-2H3. The van der Waals surface area contributed by atoms with Crippen molar-refractivity contribution >= 4 is 11.0 Å². The van der Waals surface area contributed by atoms with E-state index in [1.807, 2.05) is 36.4 Å². The molecule has 4 rings (SSSR count). The Morgan fingerprint density at radius 3 is 1.77 bits per heavy atom. The number of rotatable bonds is 9. The molecule has 0 saturated heterocycles. The molecule has 35 heavy (non-hydrogen) atoms. The highest BCUT2D eigenvalue weighted by molar-refractivity contribution is 5.75. The van der Waals surface area contributed by atoms with Gasteiger partial charge in [-0.05, 0) is 60.5 Å². The Bertz CT molecular complexity index is 1310. The number of aromatic nitrogens is 2. The molecule has 1 heterocycles. The molecule has 0 radical (unpaired) electrons. The largest absolute Gasteiger partial charge is 0.416 e. The van der Waals surface area contributed by atoms with E-state index in [4.69, 9.17) is 5.41 Å². The lowest BCUT2D eigenvalue weighted by Crippen LogP contribution is -2.32. The molecule has 1 aromatic heterocycles. The Labute approximate surface area is 203 Å². The van der Waals surface area contributed by atoms with Gasteiger partial charge in [-0.25, -0.2) is 0 Å². The quantitative estimate of drug-likeness (QED) is 0.305. The van der Waals surface area contributed by atoms with Crippen LogP contribution in [0.5, 0.6) is 0 Å². The molecule has 0 spiro atoms. The topological polar surface area (TPSA) is 37.0 Å². The second-order valence-electron chi connectivity index (χ2n) is 8.66. The van der Waals surface area contributed by atoms with Crippen LogP contribution in [0, 0.1) is 5.41 Å². The van der Waals surface area contributed by atoms with Crippen molar-refractivity contribution in [1.29, 1.82) is 5.41 Å². The minimum absolute atomic E-state index is 0.500. The van der Waals surface area contributed by atoms with E-state index < -0.39 is 11.7 Å². The van der Waals surface area contributed by atoms with Gasteiger partial charge in [0.2, 0.25) is 5.62 Å². The molecule has 4 nitrogen and oxygen atoms in total. The van der Waals surface area contributed by atoms with Crippen molar-refractivity contribution in [3.63, 3.8) is 0 Å². The maximum absolute atomic E-state index is 12.8. The normalized spacial score (nSPS) is 12.1. The average molecular weight is 481 g/mol. The second-order valence-corrected chi connectivity index (χ2v) is 8.66. The molecule has 7 heteroatoms. The fourth-order valence-corrected chi connectivity index (χ4v) is 4.48. The van der Waals surface area contributed by atoms with Crippen LogP contribution < -0.4 is 5.62 Å². The first kappa shape index (κ1) is 24.8. The zero-order chi connectivity index (χ0) is 25.0. The zero-order valence-electron chi connectivity index (χ0n) is 20.1. The van der Waals surface area contributed by atoms with Gasteiger partial charge in [-0.1, -0.05) is 62.4 Å². The molecule has 0 unspecified atom stereocenters. The highest BCUT2D eigenvalue weighted by Gasteiger charge is 2.29. The van der Waals surface area contributed by atoms with Crippen molar-refractivity contribution in [3.05, 3.63) is 89.5 Å². The smallest absolute Gasteiger partial charge is 0.310 e. The van der Waals surface area contributed by atoms with Crippen LogP contribution in [0.25, 0.3) is 22.2 Å². The number of imidazole rings is 1. The van der Waals surface area contributed by atoms with Crippen molar-refractivity contribution in [3.8, 4) is 11.1 Å². The van der Waals surface area contributed by atoms with E-state index in [0.717, 1.165) is 72.5 Å². The minimum Gasteiger partial charge on any atom is -0.310 e. The van der Waals surface area contributed by atoms with Gasteiger partial charge in [-0.2, -0.15) is 13.2 Å². The second kappa shape index (κ2) is 10.5. The van der Waals surface area contributed by atoms with Gasteiger partial charge in [0.1, 0.15) is 0 Å². The van der Waals surface area contributed by atoms with Crippen LogP contribution in [0.1, 0.15) is 25.0 Å². The van der Waals surface area contributed by atoms with Crippen LogP contribution in [0.2, 0.25) is 0 Å². The van der Waals surface area contributed by atoms with Gasteiger partial charge in [0.25, 0.3) is 0 Å². The van der Waals surface area contributed by atoms with Gasteiger partial charge >= 0.3 is 6.18 Å². The minimum atomic E-state index is -4.33. The van der Waals surface area contributed by atoms with Crippen molar-refractivity contribution in [2.45, 2.75) is 39.5 Å². The highest BCUT2D eigenvalue weighted by Crippen LogP contribution is 2.31. The number of hydrogen-bond acceptors (Lipinski definition) is 2. The monoisotopic (exact) mass is 480 g/mol. The molecule has 0 bridgehead atoms. The summed E-state index contributed by atoms with van der Waals surface area (Å²) in [6, 6.07) is 21.3. The average Bonchev–Trinajstić information content (AvgIpc) is 3.14. The van der Waals surface area contributed by atoms with E-state index in [0.29, 0.717) is 12.2 Å². The van der Waals surface area contributed by atoms with Crippen LogP contribution in [-0.4, -0.2) is 33.7 Å². The third-order valence-electron chi connectivity index (χ3n) is 6.63. The third-order valence-corrected chi connectivity index (χ3v) is 6.63. The lowest BCUT2D eigenvalue weighted by Gasteiger charge is -2.18. The van der Waals surface area contributed by atoms with Crippen LogP contribution >= 0.6 is 0 Å². The van der Waals surface area contributed by atoms with Crippen molar-refractivity contribution < 1.29 is 13.2 Å². The Morgan fingerprint density at radius 2 is 1.26 bits per heavy atom. The van der Waals surface area contributed by atoms with Crippen molar-refractivity contribution in [2.75, 3.05) is 19.6 Å². The molecule has 0 aliphatic rings. The lowest BCUT2D eigenvalue weighted by molar-refractivity contribution is -0.137. The SMILES string of the molecule is CCN(CC)CCn1c(=N)n(CCc2ccc(-c3ccc(C(F)(F)F)cc3)cc2)c2ccccc21. The summed E-state index contributed by atoms with van der Waals surface area (Å²) in [5.41, 5.74) is 4.73. The summed E-state index contributed by atoms with van der Waals surface area (Å²) in [4.78, 5) is 2.36. The molecule has 1 N–H and O–H groups in total. The van der Waals surface area contributed by atoms with E-state index in [-0.39, 0.29) is 0 Å². The summed E-state index contributed by atoms with van der Waals surface area (Å²) in [6.07, 6.45) is -3.57. The van der Waals surface area contributed by atoms with E-state index in [1.54, 1.807) is 0 Å². The predicted molar refractivity (Wildman–Crippen MR) is 134 cm³/mol. The summed E-state index contributed by atoms with van der Waals surface area (Å²) in [5.74, 6) is 0. The molecule has 3 aromatic carbocycles. The molecule has 0 atom stereocenters. The summed E-state index contributed by atoms with van der Waals surface area (Å²) in [5, 5.41) is 8.83. The first-order valence-corrected chi connectivity index (χ1v) is 12.0. The molecular weight excluding hydrogens is 449 g/mol. The number of nitrogens with zero attached hydrogens (tertiary/aromatic N) is 3. The Kier molecular flexibility index (Phi) is 7.45. The number of alkyl halides is 3. The molecule has 4 aromatic rings. The number of para-hydroxylation sites is 2. The number of fused-ring (bicyclic) bond motifs is 1. The van der Waals surface area contributed by atoms with Crippen LogP contribution in [0.3, 0.4) is 0 Å². The first-order chi connectivity index (χ1) is 16.8. The Hall–Kier alpha value is -3.32. The van der Waals surface area contributed by atoms with E-state index in [2.05, 4.69) is 40.0 Å². The van der Waals surface area contributed by atoms with Crippen LogP contribution in [-0.2, 0) is 25.7 Å². The van der Waals surface area contributed by atoms with Gasteiger partial charge in [0, 0.05) is 19.6 Å². The number of benzene rings is 3. The summed E-state index contributed by atoms with van der Waals surface area (Å²) in [7, 11) is 0. The number of halogens is 3. The third kappa shape index (κ3) is 5.51. The van der Waals surface area contributed by atoms with Crippen LogP contribution in [0.4, 0.5) is 13.2 Å². The molecule has 0 saturated carbocycles. The molecular formula is C28H31F3N4. The van der Waals surface area contributed by atoms with E-state index in [9.17, 15) is 13.2 Å². The van der Waals surface area contributed by atoms with E-state index >= 15 is 0 Å². The van der Waals surface area contributed by atoms with Gasteiger partial charge in [-0.15, -0.1) is 0 Å². The maximum Gasteiger partial charge on any atom is 0.416 e. The van der Waals surface area contributed by atoms with Gasteiger partial charge in [0.05, 0.1) is 16.6 Å². The number of hydrogen-bond donors (Lipinski definition) is 1. The van der Waals surface area contributed by atoms with E-state index in [1.165, 1.54) is 12.1 Å². The molecule has 0 amide bonds. The zero-order valence-corrected chi connectivity index (χ0v) is 20.1. The molecule has 184 valence electrons. The maximum atomic E-state index is 12.8. The van der Waals surface area contributed by atoms with Crippen molar-refractivity contribution in [2.24, 2.45) is 0 Å². The fraction of sp³-hybridized carbons (Fsp3) is 0.321. The fourth-order valence-electron chi connectivity index (χ4n) is 4.48. The van der Waals surface area contributed by atoms with Gasteiger partial charge in [0.15, 0.2) is 0 Å². The van der Waals surface area contributed by atoms with Gasteiger partial charge < -0.3 is 14.0 Å². The Balaban J connectivity index is 1.50. The molecule has 0 aliphatic carbocycles. The van der Waals surface area contributed by atoms with Crippen LogP contribution in [0.15, 0.2) is 72.8 Å². The predicted octanol–water partition coefficient (Wildman–Crippen LogP) is 6.19. The van der Waals surface area contributed by atoms with Gasteiger partial charge in [-0.3, -0.25) is 5.41 Å². The number of nitrogens with one attached hydrogen (secondary N) is 1. The molecule has 0 fully saturated rings. The molecule has 0 aliphatic heterocycles. The highest BCUT2D eigenvalue weighted by atomic mass is 19.4. The Morgan fingerprint density at radius 1 is 0.743 bits per heavy atom. The first-order valence-electron chi connectivity index (χ1n) is 12.0. The number of aryl methyl sites for hydroxylation is 2. The summed E-state index contributed by atoms with van der Waals surface area (Å²) in [6.45, 7) is 8.65. The summed E-state index contributed by atoms with van der Waals surface area (Å²) >= 11 is 0.